The molecule has 0 bridgehead atoms. The number of aromatic nitrogens is 2. The van der Waals surface area contributed by atoms with Crippen molar-refractivity contribution in [2.45, 2.75) is 72.8 Å². The predicted molar refractivity (Wildman–Crippen MR) is 90.0 cm³/mol. The average molecular weight is 310 g/mol. The minimum Gasteiger partial charge on any atom is -0.367 e. The van der Waals surface area contributed by atoms with Crippen LogP contribution in [0.15, 0.2) is 6.07 Å². The second-order valence-corrected chi connectivity index (χ2v) is 8.73. The lowest BCUT2D eigenvalue weighted by Gasteiger charge is -2.45. The first-order chi connectivity index (χ1) is 9.56. The third-order valence-electron chi connectivity index (χ3n) is 4.14. The molecule has 4 heteroatoms. The number of hydrogen-bond donors (Lipinski definition) is 1. The van der Waals surface area contributed by atoms with Crippen molar-refractivity contribution in [1.82, 2.24) is 9.97 Å². The first kappa shape index (κ1) is 16.5. The molecule has 0 unspecified atom stereocenters. The minimum absolute atomic E-state index is 0.281. The van der Waals surface area contributed by atoms with Crippen molar-refractivity contribution in [3.05, 3.63) is 17.0 Å². The highest BCUT2D eigenvalue weighted by Gasteiger charge is 2.38. The van der Waals surface area contributed by atoms with Crippen LogP contribution in [0.25, 0.3) is 0 Å². The van der Waals surface area contributed by atoms with Crippen LogP contribution in [0.1, 0.15) is 72.5 Å². The summed E-state index contributed by atoms with van der Waals surface area (Å²) in [6.07, 6.45) is 3.59. The van der Waals surface area contributed by atoms with Crippen LogP contribution in [-0.4, -0.2) is 16.0 Å². The number of nitrogens with zero attached hydrogens (tertiary/aromatic N) is 2. The second kappa shape index (κ2) is 5.75. The highest BCUT2D eigenvalue weighted by Crippen LogP contribution is 2.46. The second-order valence-electron chi connectivity index (χ2n) is 8.34. The molecule has 0 radical (unpaired) electrons. The van der Waals surface area contributed by atoms with E-state index in [1.54, 1.807) is 0 Å². The molecule has 0 amide bonds. The molecule has 1 aromatic rings. The normalized spacial score (nSPS) is 21.5. The van der Waals surface area contributed by atoms with E-state index in [4.69, 9.17) is 11.6 Å². The van der Waals surface area contributed by atoms with E-state index in [2.05, 4.69) is 56.8 Å². The summed E-state index contributed by atoms with van der Waals surface area (Å²) in [5, 5.41) is 4.11. The van der Waals surface area contributed by atoms with Gasteiger partial charge in [0.25, 0.3) is 0 Å². The topological polar surface area (TPSA) is 37.8 Å². The zero-order valence-electron chi connectivity index (χ0n) is 14.1. The Kier molecular flexibility index (Phi) is 4.53. The van der Waals surface area contributed by atoms with Gasteiger partial charge in [0, 0.05) is 18.0 Å². The van der Waals surface area contributed by atoms with Gasteiger partial charge >= 0.3 is 0 Å². The Labute approximate surface area is 133 Å². The third-order valence-corrected chi connectivity index (χ3v) is 4.33. The van der Waals surface area contributed by atoms with Gasteiger partial charge in [-0.05, 0) is 30.1 Å². The summed E-state index contributed by atoms with van der Waals surface area (Å²) in [7, 11) is 0. The van der Waals surface area contributed by atoms with Crippen molar-refractivity contribution in [2.24, 2.45) is 10.8 Å². The molecule has 1 fully saturated rings. The molecule has 1 aliphatic carbocycles. The van der Waals surface area contributed by atoms with Crippen LogP contribution in [0, 0.1) is 10.8 Å². The van der Waals surface area contributed by atoms with Crippen molar-refractivity contribution < 1.29 is 0 Å². The molecular weight excluding hydrogens is 282 g/mol. The van der Waals surface area contributed by atoms with Crippen LogP contribution in [-0.2, 0) is 0 Å². The van der Waals surface area contributed by atoms with E-state index in [1.165, 1.54) is 6.42 Å². The van der Waals surface area contributed by atoms with Crippen LogP contribution < -0.4 is 5.32 Å². The van der Waals surface area contributed by atoms with Crippen LogP contribution >= 0.6 is 11.6 Å². The molecule has 1 heterocycles. The summed E-state index contributed by atoms with van der Waals surface area (Å²) >= 11 is 6.13. The van der Waals surface area contributed by atoms with Crippen molar-refractivity contribution in [2.75, 3.05) is 5.32 Å². The number of nitrogens with one attached hydrogen (secondary N) is 1. The monoisotopic (exact) mass is 309 g/mol. The number of anilines is 1. The zero-order valence-corrected chi connectivity index (χ0v) is 14.9. The molecule has 0 atom stereocenters. The average Bonchev–Trinajstić information content (AvgIpc) is 2.22. The summed E-state index contributed by atoms with van der Waals surface area (Å²) in [6, 6.07) is 2.27. The van der Waals surface area contributed by atoms with Gasteiger partial charge in [-0.15, -0.1) is 0 Å². The van der Waals surface area contributed by atoms with Crippen molar-refractivity contribution in [1.29, 1.82) is 0 Å². The molecule has 1 saturated carbocycles. The van der Waals surface area contributed by atoms with Gasteiger partial charge < -0.3 is 5.32 Å². The summed E-state index contributed by atoms with van der Waals surface area (Å²) in [4.78, 5) is 8.91. The number of halogens is 1. The molecule has 0 aliphatic heterocycles. The molecule has 0 spiro atoms. The Morgan fingerprint density at radius 2 is 1.71 bits per heavy atom. The SMILES string of the molecule is CC(C)c1nc(Cl)cc(NC2CC(C)(C)CC(C)(C)C2)n1. The van der Waals surface area contributed by atoms with E-state index in [9.17, 15) is 0 Å². The van der Waals surface area contributed by atoms with Crippen LogP contribution in [0.5, 0.6) is 0 Å². The fourth-order valence-corrected chi connectivity index (χ4v) is 4.11. The molecule has 0 aromatic carbocycles. The molecule has 2 rings (SSSR count). The Morgan fingerprint density at radius 3 is 2.24 bits per heavy atom. The standard InChI is InChI=1S/C17H28ClN3/c1-11(2)15-20-13(18)7-14(21-15)19-12-8-16(3,4)10-17(5,6)9-12/h7,11-12H,8-10H2,1-6H3,(H,19,20,21). The molecule has 3 nitrogen and oxygen atoms in total. The van der Waals surface area contributed by atoms with Gasteiger partial charge in [0.15, 0.2) is 0 Å². The molecular formula is C17H28ClN3. The summed E-state index contributed by atoms with van der Waals surface area (Å²) < 4.78 is 0. The van der Waals surface area contributed by atoms with Gasteiger partial charge in [0.05, 0.1) is 0 Å². The summed E-state index contributed by atoms with van der Waals surface area (Å²) in [5.41, 5.74) is 0.717. The van der Waals surface area contributed by atoms with E-state index >= 15 is 0 Å². The van der Waals surface area contributed by atoms with Gasteiger partial charge in [-0.3, -0.25) is 0 Å². The highest BCUT2D eigenvalue weighted by atomic mass is 35.5. The van der Waals surface area contributed by atoms with Crippen LogP contribution in [0.3, 0.4) is 0 Å². The quantitative estimate of drug-likeness (QED) is 0.773. The van der Waals surface area contributed by atoms with E-state index < -0.39 is 0 Å². The van der Waals surface area contributed by atoms with Crippen molar-refractivity contribution in [3.63, 3.8) is 0 Å². The molecule has 21 heavy (non-hydrogen) atoms. The van der Waals surface area contributed by atoms with Crippen LogP contribution in [0.2, 0.25) is 5.15 Å². The first-order valence-electron chi connectivity index (χ1n) is 7.87. The lowest BCUT2D eigenvalue weighted by Crippen LogP contribution is -2.40. The maximum absolute atomic E-state index is 6.13. The highest BCUT2D eigenvalue weighted by molar-refractivity contribution is 6.29. The first-order valence-corrected chi connectivity index (χ1v) is 8.25. The number of hydrogen-bond acceptors (Lipinski definition) is 3. The summed E-state index contributed by atoms with van der Waals surface area (Å²) in [6.45, 7) is 13.6. The fraction of sp³-hybridized carbons (Fsp3) is 0.765. The van der Waals surface area contributed by atoms with Crippen molar-refractivity contribution >= 4 is 17.4 Å². The summed E-state index contributed by atoms with van der Waals surface area (Å²) in [5.74, 6) is 1.94. The minimum atomic E-state index is 0.281. The number of rotatable bonds is 3. The molecule has 0 saturated heterocycles. The van der Waals surface area contributed by atoms with E-state index in [-0.39, 0.29) is 5.92 Å². The molecule has 118 valence electrons. The molecule has 1 N–H and O–H groups in total. The van der Waals surface area contributed by atoms with Crippen LogP contribution in [0.4, 0.5) is 5.82 Å². The molecule has 1 aromatic heterocycles. The maximum Gasteiger partial charge on any atom is 0.135 e. The Morgan fingerprint density at radius 1 is 1.14 bits per heavy atom. The van der Waals surface area contributed by atoms with Gasteiger partial charge in [0.2, 0.25) is 0 Å². The van der Waals surface area contributed by atoms with Gasteiger partial charge in [0.1, 0.15) is 16.8 Å². The Bertz CT molecular complexity index is 493. The zero-order chi connectivity index (χ0) is 15.8. The Balaban J connectivity index is 2.18. The third kappa shape index (κ3) is 4.57. The Hall–Kier alpha value is -0.830. The van der Waals surface area contributed by atoms with E-state index in [0.717, 1.165) is 24.5 Å². The van der Waals surface area contributed by atoms with E-state index in [1.807, 2.05) is 6.07 Å². The lowest BCUT2D eigenvalue weighted by molar-refractivity contribution is 0.105. The van der Waals surface area contributed by atoms with E-state index in [0.29, 0.717) is 22.0 Å². The fourth-order valence-electron chi connectivity index (χ4n) is 3.92. The van der Waals surface area contributed by atoms with Gasteiger partial charge in [-0.25, -0.2) is 9.97 Å². The maximum atomic E-state index is 6.13. The predicted octanol–water partition coefficient (Wildman–Crippen LogP) is 5.27. The van der Waals surface area contributed by atoms with Gasteiger partial charge in [-0.1, -0.05) is 53.1 Å². The largest absolute Gasteiger partial charge is 0.367 e. The van der Waals surface area contributed by atoms with Crippen molar-refractivity contribution in [3.8, 4) is 0 Å². The smallest absolute Gasteiger partial charge is 0.135 e. The lowest BCUT2D eigenvalue weighted by atomic mass is 9.63. The van der Waals surface area contributed by atoms with Gasteiger partial charge in [-0.2, -0.15) is 0 Å². The molecule has 1 aliphatic rings.